The molecule has 3 aliphatic rings. The van der Waals surface area contributed by atoms with Gasteiger partial charge in [-0.1, -0.05) is 107 Å². The third kappa shape index (κ3) is 4.45. The Morgan fingerprint density at radius 3 is 1.74 bits per heavy atom. The van der Waals surface area contributed by atoms with Crippen molar-refractivity contribution in [3.8, 4) is 16.9 Å². The van der Waals surface area contributed by atoms with Crippen molar-refractivity contribution in [2.45, 2.75) is 67.8 Å². The highest BCUT2D eigenvalue weighted by Crippen LogP contribution is 2.66. The van der Waals surface area contributed by atoms with Crippen molar-refractivity contribution >= 4 is 40.4 Å². The van der Waals surface area contributed by atoms with Crippen LogP contribution in [-0.4, -0.2) is 12.5 Å². The van der Waals surface area contributed by atoms with Gasteiger partial charge in [-0.25, -0.2) is 0 Å². The maximum atomic E-state index is 7.61. The van der Waals surface area contributed by atoms with Crippen molar-refractivity contribution in [1.29, 1.82) is 0 Å². The van der Waals surface area contributed by atoms with Gasteiger partial charge in [0.15, 0.2) is 5.60 Å². The molecule has 0 bridgehead atoms. The summed E-state index contributed by atoms with van der Waals surface area (Å²) in [5, 5.41) is 2.48. The first-order valence-corrected chi connectivity index (χ1v) is 18.9. The summed E-state index contributed by atoms with van der Waals surface area (Å²) in [5.74, 6) is 1.01. The van der Waals surface area contributed by atoms with Gasteiger partial charge in [0.2, 0.25) is 0 Å². The highest BCUT2D eigenvalue weighted by atomic mass is 32.2. The van der Waals surface area contributed by atoms with E-state index in [1.165, 1.54) is 54.8 Å². The molecule has 0 aromatic heterocycles. The molecule has 3 heteroatoms. The first-order chi connectivity index (χ1) is 22.1. The zero-order chi connectivity index (χ0) is 31.9. The Morgan fingerprint density at radius 1 is 0.609 bits per heavy atom. The number of rotatable bonds is 4. The van der Waals surface area contributed by atoms with Gasteiger partial charge in [0.05, 0.1) is 0 Å². The molecule has 0 N–H and O–H groups in total. The lowest BCUT2D eigenvalue weighted by molar-refractivity contribution is 0.0642. The smallest absolute Gasteiger partial charge is 0.178 e. The lowest BCUT2D eigenvalue weighted by Gasteiger charge is -2.52. The summed E-state index contributed by atoms with van der Waals surface area (Å²) in [6.07, 6.45) is 12.5. The topological polar surface area (TPSA) is 9.23 Å². The van der Waals surface area contributed by atoms with E-state index in [2.05, 4.69) is 149 Å². The molecule has 1 aliphatic heterocycles. The van der Waals surface area contributed by atoms with Crippen molar-refractivity contribution in [3.05, 3.63) is 131 Å². The Labute approximate surface area is 282 Å². The molecular weight excluding hydrogens is 597 g/mol. The van der Waals surface area contributed by atoms with Crippen molar-refractivity contribution < 1.29 is 4.74 Å². The van der Waals surface area contributed by atoms with Crippen LogP contribution in [0.3, 0.4) is 0 Å². The van der Waals surface area contributed by atoms with Crippen molar-refractivity contribution in [2.24, 2.45) is 10.8 Å². The van der Waals surface area contributed by atoms with Crippen LogP contribution in [0.1, 0.15) is 74.8 Å². The van der Waals surface area contributed by atoms with Gasteiger partial charge in [0, 0.05) is 37.3 Å². The predicted molar refractivity (Wildman–Crippen MR) is 198 cm³/mol. The standard InChI is InChI=1S/C43H42OS2/c1-40(2)25-41(3,4)27-42(26-40)36-14-10-9-13-34(36)37-32-11-7-8-12-33(32)39-35(38(37)42)23-24-43(44-39,28-15-19-30(45-5)20-16-28)29-17-21-31(46-6)22-18-29/h7-24H,25-27H2,1-6H3. The van der Waals surface area contributed by atoms with E-state index in [0.717, 1.165) is 29.7 Å². The molecule has 1 saturated carbocycles. The molecule has 5 aromatic carbocycles. The third-order valence-corrected chi connectivity index (χ3v) is 12.2. The van der Waals surface area contributed by atoms with Gasteiger partial charge in [-0.3, -0.25) is 0 Å². The molecule has 1 spiro atoms. The maximum Gasteiger partial charge on any atom is 0.178 e. The minimum atomic E-state index is -0.748. The molecule has 1 fully saturated rings. The second-order valence-corrected chi connectivity index (χ2v) is 16.9. The second kappa shape index (κ2) is 10.6. The quantitative estimate of drug-likeness (QED) is 0.181. The molecule has 0 atom stereocenters. The van der Waals surface area contributed by atoms with Crippen LogP contribution in [-0.2, 0) is 11.0 Å². The molecule has 8 rings (SSSR count). The second-order valence-electron chi connectivity index (χ2n) is 15.2. The number of ether oxygens (including phenoxy) is 1. The molecule has 1 heterocycles. The fourth-order valence-electron chi connectivity index (χ4n) is 9.76. The molecule has 46 heavy (non-hydrogen) atoms. The van der Waals surface area contributed by atoms with Crippen molar-refractivity contribution in [2.75, 3.05) is 12.5 Å². The fraction of sp³-hybridized carbons (Fsp3) is 0.302. The summed E-state index contributed by atoms with van der Waals surface area (Å²) in [6.45, 7) is 9.94. The predicted octanol–water partition coefficient (Wildman–Crippen LogP) is 12.1. The van der Waals surface area contributed by atoms with Crippen LogP contribution in [0, 0.1) is 10.8 Å². The monoisotopic (exact) mass is 638 g/mol. The third-order valence-electron chi connectivity index (χ3n) is 10.7. The molecule has 232 valence electrons. The van der Waals surface area contributed by atoms with E-state index in [-0.39, 0.29) is 16.2 Å². The Bertz CT molecular complexity index is 1950. The summed E-state index contributed by atoms with van der Waals surface area (Å²) in [7, 11) is 0. The molecule has 0 unspecified atom stereocenters. The van der Waals surface area contributed by atoms with E-state index in [4.69, 9.17) is 4.74 Å². The Morgan fingerprint density at radius 2 is 1.15 bits per heavy atom. The molecule has 1 nitrogen and oxygen atoms in total. The average Bonchev–Trinajstić information content (AvgIpc) is 3.32. The minimum Gasteiger partial charge on any atom is -0.472 e. The number of hydrogen-bond acceptors (Lipinski definition) is 3. The summed E-state index contributed by atoms with van der Waals surface area (Å²) in [4.78, 5) is 2.50. The SMILES string of the molecule is CSc1ccc(C2(c3ccc(SC)cc3)C=Cc3c4c(c5ccccc5c3O2)-c2ccccc2C42CC(C)(C)CC(C)(C)C2)cc1. The first kappa shape index (κ1) is 30.0. The van der Waals surface area contributed by atoms with E-state index in [9.17, 15) is 0 Å². The zero-order valence-corrected chi connectivity index (χ0v) is 29.4. The minimum absolute atomic E-state index is 0.0843. The fourth-order valence-corrected chi connectivity index (χ4v) is 10.6. The molecule has 0 saturated heterocycles. The van der Waals surface area contributed by atoms with Gasteiger partial charge >= 0.3 is 0 Å². The number of thioether (sulfide) groups is 2. The lowest BCUT2D eigenvalue weighted by atomic mass is 9.52. The van der Waals surface area contributed by atoms with Gasteiger partial charge in [-0.2, -0.15) is 0 Å². The number of fused-ring (bicyclic) bond motifs is 10. The van der Waals surface area contributed by atoms with Crippen molar-refractivity contribution in [3.63, 3.8) is 0 Å². The Kier molecular flexibility index (Phi) is 6.88. The maximum absolute atomic E-state index is 7.61. The van der Waals surface area contributed by atoms with Crippen LogP contribution in [0.5, 0.6) is 5.75 Å². The zero-order valence-electron chi connectivity index (χ0n) is 27.7. The lowest BCUT2D eigenvalue weighted by Crippen LogP contribution is -2.44. The summed E-state index contributed by atoms with van der Waals surface area (Å²) in [5.41, 5.74) is 8.91. The Balaban J connectivity index is 1.44. The molecule has 0 amide bonds. The van der Waals surface area contributed by atoms with Gasteiger partial charge in [-0.15, -0.1) is 23.5 Å². The van der Waals surface area contributed by atoms with E-state index < -0.39 is 5.60 Å². The van der Waals surface area contributed by atoms with Gasteiger partial charge < -0.3 is 4.74 Å². The van der Waals surface area contributed by atoms with E-state index in [1.54, 1.807) is 23.5 Å². The van der Waals surface area contributed by atoms with E-state index in [0.29, 0.717) is 0 Å². The van der Waals surface area contributed by atoms with Crippen LogP contribution in [0.4, 0.5) is 0 Å². The number of benzene rings is 5. The molecule has 5 aromatic rings. The van der Waals surface area contributed by atoms with Crippen LogP contribution in [0.25, 0.3) is 28.0 Å². The van der Waals surface area contributed by atoms with Crippen molar-refractivity contribution in [1.82, 2.24) is 0 Å². The van der Waals surface area contributed by atoms with E-state index in [1.807, 2.05) is 0 Å². The average molecular weight is 639 g/mol. The van der Waals surface area contributed by atoms with Gasteiger partial charge in [-0.05, 0) is 101 Å². The first-order valence-electron chi connectivity index (χ1n) is 16.5. The summed E-state index contributed by atoms with van der Waals surface area (Å²) in [6, 6.07) is 36.2. The molecule has 2 aliphatic carbocycles. The Hall–Kier alpha value is -3.40. The normalized spacial score (nSPS) is 19.3. The van der Waals surface area contributed by atoms with Crippen LogP contribution in [0.2, 0.25) is 0 Å². The molecular formula is C43H42OS2. The summed E-state index contributed by atoms with van der Waals surface area (Å²) >= 11 is 3.54. The van der Waals surface area contributed by atoms with Crippen LogP contribution >= 0.6 is 23.5 Å². The largest absolute Gasteiger partial charge is 0.472 e. The van der Waals surface area contributed by atoms with E-state index >= 15 is 0 Å². The summed E-state index contributed by atoms with van der Waals surface area (Å²) < 4.78 is 7.61. The number of hydrogen-bond donors (Lipinski definition) is 0. The van der Waals surface area contributed by atoms with Gasteiger partial charge in [0.1, 0.15) is 5.75 Å². The highest BCUT2D eigenvalue weighted by Gasteiger charge is 2.55. The van der Waals surface area contributed by atoms with Gasteiger partial charge in [0.25, 0.3) is 0 Å². The molecule has 0 radical (unpaired) electrons. The highest BCUT2D eigenvalue weighted by molar-refractivity contribution is 7.98. The van der Waals surface area contributed by atoms with Crippen LogP contribution < -0.4 is 4.74 Å². The van der Waals surface area contributed by atoms with Crippen LogP contribution in [0.15, 0.2) is 113 Å².